The van der Waals surface area contributed by atoms with Crippen molar-refractivity contribution in [2.45, 2.75) is 0 Å². The van der Waals surface area contributed by atoms with E-state index in [-0.39, 0.29) is 5.75 Å². The van der Waals surface area contributed by atoms with E-state index in [9.17, 15) is 5.11 Å². The Bertz CT molecular complexity index is 495. The predicted molar refractivity (Wildman–Crippen MR) is 62.4 cm³/mol. The third-order valence-electron chi connectivity index (χ3n) is 2.22. The van der Waals surface area contributed by atoms with Gasteiger partial charge in [-0.1, -0.05) is 12.1 Å². The topological polar surface area (TPSA) is 72.3 Å². The molecule has 2 aromatic carbocycles. The van der Waals surface area contributed by atoms with Crippen molar-refractivity contribution in [3.63, 3.8) is 0 Å². The summed E-state index contributed by atoms with van der Waals surface area (Å²) in [6.07, 6.45) is 0. The van der Waals surface area contributed by atoms with Gasteiger partial charge in [0.2, 0.25) is 0 Å². The predicted octanol–water partition coefficient (Wildman–Crippen LogP) is 2.22. The fourth-order valence-electron chi connectivity index (χ4n) is 1.50. The van der Waals surface area contributed by atoms with Crippen molar-refractivity contribution in [3.05, 3.63) is 42.5 Å². The third-order valence-corrected chi connectivity index (χ3v) is 2.22. The summed E-state index contributed by atoms with van der Waals surface area (Å²) in [5.74, 6) is 0.167. The number of anilines is 2. The average molecular weight is 200 g/mol. The molecule has 0 fully saturated rings. The summed E-state index contributed by atoms with van der Waals surface area (Å²) >= 11 is 0. The van der Waals surface area contributed by atoms with Crippen molar-refractivity contribution >= 4 is 11.4 Å². The fraction of sp³-hybridized carbons (Fsp3) is 0. The van der Waals surface area contributed by atoms with Crippen LogP contribution in [-0.4, -0.2) is 5.11 Å². The molecule has 15 heavy (non-hydrogen) atoms. The van der Waals surface area contributed by atoms with Crippen LogP contribution in [0.25, 0.3) is 11.1 Å². The van der Waals surface area contributed by atoms with Gasteiger partial charge < -0.3 is 16.6 Å². The van der Waals surface area contributed by atoms with Crippen LogP contribution >= 0.6 is 0 Å². The van der Waals surface area contributed by atoms with Gasteiger partial charge in [0.25, 0.3) is 0 Å². The lowest BCUT2D eigenvalue weighted by Crippen LogP contribution is -1.87. The van der Waals surface area contributed by atoms with Gasteiger partial charge in [0, 0.05) is 23.0 Å². The first kappa shape index (κ1) is 9.40. The van der Waals surface area contributed by atoms with Crippen molar-refractivity contribution in [1.82, 2.24) is 0 Å². The number of rotatable bonds is 1. The third kappa shape index (κ3) is 1.86. The first-order valence-electron chi connectivity index (χ1n) is 4.61. The Kier molecular flexibility index (Phi) is 2.21. The molecule has 0 saturated heterocycles. The van der Waals surface area contributed by atoms with Gasteiger partial charge in [-0.15, -0.1) is 0 Å². The molecule has 0 aliphatic heterocycles. The minimum atomic E-state index is 0.167. The van der Waals surface area contributed by atoms with Crippen LogP contribution in [0.15, 0.2) is 42.5 Å². The van der Waals surface area contributed by atoms with Gasteiger partial charge in [-0.3, -0.25) is 0 Å². The van der Waals surface area contributed by atoms with Gasteiger partial charge in [0.1, 0.15) is 5.75 Å². The zero-order valence-corrected chi connectivity index (χ0v) is 8.14. The molecule has 5 N–H and O–H groups in total. The normalized spacial score (nSPS) is 10.1. The molecule has 2 aromatic rings. The second-order valence-electron chi connectivity index (χ2n) is 3.40. The van der Waals surface area contributed by atoms with Gasteiger partial charge in [-0.2, -0.15) is 0 Å². The van der Waals surface area contributed by atoms with Crippen LogP contribution in [0, 0.1) is 0 Å². The molecule has 0 aliphatic carbocycles. The SMILES string of the molecule is Nc1cccc(-c2ccc(N)cc2O)c1. The van der Waals surface area contributed by atoms with Crippen molar-refractivity contribution in [2.24, 2.45) is 0 Å². The Morgan fingerprint density at radius 3 is 2.27 bits per heavy atom. The van der Waals surface area contributed by atoms with Gasteiger partial charge in [0.15, 0.2) is 0 Å². The zero-order valence-electron chi connectivity index (χ0n) is 8.14. The number of phenolic OH excluding ortho intramolecular Hbond substituents is 1. The van der Waals surface area contributed by atoms with E-state index < -0.39 is 0 Å². The van der Waals surface area contributed by atoms with Gasteiger partial charge in [0.05, 0.1) is 0 Å². The van der Waals surface area contributed by atoms with E-state index >= 15 is 0 Å². The van der Waals surface area contributed by atoms with Crippen molar-refractivity contribution < 1.29 is 5.11 Å². The Hall–Kier alpha value is -2.16. The number of aromatic hydroxyl groups is 1. The van der Waals surface area contributed by atoms with E-state index in [1.807, 2.05) is 18.2 Å². The largest absolute Gasteiger partial charge is 0.507 e. The second-order valence-corrected chi connectivity index (χ2v) is 3.40. The number of benzene rings is 2. The Morgan fingerprint density at radius 1 is 0.867 bits per heavy atom. The Balaban J connectivity index is 2.54. The second kappa shape index (κ2) is 3.53. The molecule has 0 aliphatic rings. The highest BCUT2D eigenvalue weighted by Crippen LogP contribution is 2.31. The summed E-state index contributed by atoms with van der Waals surface area (Å²) in [5.41, 5.74) is 14.0. The molecule has 3 heteroatoms. The average Bonchev–Trinajstić information content (AvgIpc) is 2.17. The zero-order chi connectivity index (χ0) is 10.8. The van der Waals surface area contributed by atoms with Crippen LogP contribution in [-0.2, 0) is 0 Å². The van der Waals surface area contributed by atoms with E-state index in [1.165, 1.54) is 6.07 Å². The molecule has 0 bridgehead atoms. The first-order chi connectivity index (χ1) is 7.16. The molecule has 0 aromatic heterocycles. The highest BCUT2D eigenvalue weighted by atomic mass is 16.3. The summed E-state index contributed by atoms with van der Waals surface area (Å²) in [5, 5.41) is 9.71. The standard InChI is InChI=1S/C12H12N2O/c13-9-3-1-2-8(6-9)11-5-4-10(14)7-12(11)15/h1-7,15H,13-14H2. The van der Waals surface area contributed by atoms with Crippen LogP contribution in [0.4, 0.5) is 11.4 Å². The molecule has 0 spiro atoms. The Morgan fingerprint density at radius 2 is 1.60 bits per heavy atom. The lowest BCUT2D eigenvalue weighted by atomic mass is 10.0. The van der Waals surface area contributed by atoms with Crippen molar-refractivity contribution in [1.29, 1.82) is 0 Å². The molecular formula is C12H12N2O. The summed E-state index contributed by atoms with van der Waals surface area (Å²) in [7, 11) is 0. The maximum Gasteiger partial charge on any atom is 0.125 e. The summed E-state index contributed by atoms with van der Waals surface area (Å²) in [6, 6.07) is 12.4. The monoisotopic (exact) mass is 200 g/mol. The molecule has 0 heterocycles. The number of hydrogen-bond donors (Lipinski definition) is 3. The minimum absolute atomic E-state index is 0.167. The van der Waals surface area contributed by atoms with Crippen LogP contribution < -0.4 is 11.5 Å². The van der Waals surface area contributed by atoms with Crippen LogP contribution in [0.3, 0.4) is 0 Å². The lowest BCUT2D eigenvalue weighted by molar-refractivity contribution is 0.477. The van der Waals surface area contributed by atoms with Gasteiger partial charge in [-0.25, -0.2) is 0 Å². The lowest BCUT2D eigenvalue weighted by Gasteiger charge is -2.06. The number of nitrogen functional groups attached to an aromatic ring is 2. The van der Waals surface area contributed by atoms with E-state index in [0.717, 1.165) is 11.1 Å². The van der Waals surface area contributed by atoms with Crippen LogP contribution in [0.1, 0.15) is 0 Å². The molecule has 3 nitrogen and oxygen atoms in total. The molecule has 2 rings (SSSR count). The number of phenols is 1. The van der Waals surface area contributed by atoms with Crippen molar-refractivity contribution in [2.75, 3.05) is 11.5 Å². The Labute approximate surface area is 88.0 Å². The van der Waals surface area contributed by atoms with E-state index in [2.05, 4.69) is 0 Å². The smallest absolute Gasteiger partial charge is 0.125 e. The fourth-order valence-corrected chi connectivity index (χ4v) is 1.50. The number of nitrogens with two attached hydrogens (primary N) is 2. The summed E-state index contributed by atoms with van der Waals surface area (Å²) in [6.45, 7) is 0. The van der Waals surface area contributed by atoms with E-state index in [0.29, 0.717) is 11.4 Å². The van der Waals surface area contributed by atoms with E-state index in [4.69, 9.17) is 11.5 Å². The first-order valence-corrected chi connectivity index (χ1v) is 4.61. The molecule has 0 amide bonds. The maximum atomic E-state index is 9.71. The summed E-state index contributed by atoms with van der Waals surface area (Å²) in [4.78, 5) is 0. The molecule has 0 atom stereocenters. The number of hydrogen-bond acceptors (Lipinski definition) is 3. The summed E-state index contributed by atoms with van der Waals surface area (Å²) < 4.78 is 0. The van der Waals surface area contributed by atoms with Crippen LogP contribution in [0.5, 0.6) is 5.75 Å². The van der Waals surface area contributed by atoms with E-state index in [1.54, 1.807) is 18.2 Å². The molecule has 76 valence electrons. The maximum absolute atomic E-state index is 9.71. The van der Waals surface area contributed by atoms with Crippen LogP contribution in [0.2, 0.25) is 0 Å². The molecule has 0 saturated carbocycles. The highest BCUT2D eigenvalue weighted by Gasteiger charge is 2.04. The van der Waals surface area contributed by atoms with Crippen molar-refractivity contribution in [3.8, 4) is 16.9 Å². The minimum Gasteiger partial charge on any atom is -0.507 e. The molecule has 0 radical (unpaired) electrons. The highest BCUT2D eigenvalue weighted by molar-refractivity contribution is 5.74. The van der Waals surface area contributed by atoms with Gasteiger partial charge in [-0.05, 0) is 29.8 Å². The molecular weight excluding hydrogens is 188 g/mol. The quantitative estimate of drug-likeness (QED) is 0.618. The molecule has 0 unspecified atom stereocenters. The van der Waals surface area contributed by atoms with Gasteiger partial charge >= 0.3 is 0 Å².